The maximum atomic E-state index is 11.0. The minimum atomic E-state index is -0.950. The lowest BCUT2D eigenvalue weighted by atomic mass is 10.0. The van der Waals surface area contributed by atoms with E-state index < -0.39 is 11.5 Å². The summed E-state index contributed by atoms with van der Waals surface area (Å²) < 4.78 is 0. The van der Waals surface area contributed by atoms with Gasteiger partial charge in [0.1, 0.15) is 11.0 Å². The van der Waals surface area contributed by atoms with Gasteiger partial charge in [-0.2, -0.15) is 0 Å². The number of anilines is 1. The Morgan fingerprint density at radius 3 is 2.71 bits per heavy atom. The van der Waals surface area contributed by atoms with Gasteiger partial charge in [-0.3, -0.25) is 0 Å². The maximum Gasteiger partial charge on any atom is 0.329 e. The summed E-state index contributed by atoms with van der Waals surface area (Å²) in [5.74, 6) is -0.866. The van der Waals surface area contributed by atoms with Crippen LogP contribution in [0.4, 0.5) is 5.13 Å². The molecule has 78 valence electrons. The molecule has 0 amide bonds. The van der Waals surface area contributed by atoms with E-state index in [9.17, 15) is 4.79 Å². The van der Waals surface area contributed by atoms with Gasteiger partial charge < -0.3 is 10.0 Å². The SMILES string of the molecule is CCN(c1nncs1)C(C)(C)C(=O)O. The maximum absolute atomic E-state index is 11.0. The minimum Gasteiger partial charge on any atom is -0.480 e. The fraction of sp³-hybridized carbons (Fsp3) is 0.625. The monoisotopic (exact) mass is 215 g/mol. The van der Waals surface area contributed by atoms with Gasteiger partial charge in [0.05, 0.1) is 0 Å². The summed E-state index contributed by atoms with van der Waals surface area (Å²) in [6.07, 6.45) is 0. The van der Waals surface area contributed by atoms with E-state index in [4.69, 9.17) is 5.11 Å². The number of carboxylic acid groups (broad SMARTS) is 1. The van der Waals surface area contributed by atoms with Crippen molar-refractivity contribution in [2.24, 2.45) is 0 Å². The van der Waals surface area contributed by atoms with Gasteiger partial charge in [-0.25, -0.2) is 4.79 Å². The summed E-state index contributed by atoms with van der Waals surface area (Å²) in [6.45, 7) is 5.79. The Balaban J connectivity index is 2.98. The highest BCUT2D eigenvalue weighted by Gasteiger charge is 2.35. The van der Waals surface area contributed by atoms with Crippen molar-refractivity contribution < 1.29 is 9.90 Å². The number of nitrogens with zero attached hydrogens (tertiary/aromatic N) is 3. The zero-order valence-electron chi connectivity index (χ0n) is 8.39. The molecule has 0 aliphatic heterocycles. The third-order valence-corrected chi connectivity index (χ3v) is 2.81. The first-order valence-electron chi connectivity index (χ1n) is 4.27. The molecule has 0 radical (unpaired) electrons. The summed E-state index contributed by atoms with van der Waals surface area (Å²) >= 11 is 1.34. The summed E-state index contributed by atoms with van der Waals surface area (Å²) in [5, 5.41) is 17.3. The lowest BCUT2D eigenvalue weighted by molar-refractivity contribution is -0.142. The van der Waals surface area contributed by atoms with Crippen molar-refractivity contribution >= 4 is 22.4 Å². The largest absolute Gasteiger partial charge is 0.480 e. The van der Waals surface area contributed by atoms with Gasteiger partial charge in [0.2, 0.25) is 5.13 Å². The average molecular weight is 215 g/mol. The summed E-state index contributed by atoms with van der Waals surface area (Å²) in [5.41, 5.74) is 0.643. The van der Waals surface area contributed by atoms with Gasteiger partial charge >= 0.3 is 5.97 Å². The zero-order valence-corrected chi connectivity index (χ0v) is 9.21. The molecule has 0 saturated carbocycles. The van der Waals surface area contributed by atoms with Gasteiger partial charge in [-0.1, -0.05) is 11.3 Å². The van der Waals surface area contributed by atoms with Crippen LogP contribution < -0.4 is 4.90 Å². The third-order valence-electron chi connectivity index (χ3n) is 2.09. The fourth-order valence-corrected chi connectivity index (χ4v) is 1.94. The van der Waals surface area contributed by atoms with Crippen molar-refractivity contribution in [2.45, 2.75) is 26.3 Å². The molecule has 1 heterocycles. The highest BCUT2D eigenvalue weighted by atomic mass is 32.1. The normalized spacial score (nSPS) is 11.4. The average Bonchev–Trinajstić information content (AvgIpc) is 2.57. The van der Waals surface area contributed by atoms with Gasteiger partial charge in [-0.05, 0) is 20.8 Å². The Morgan fingerprint density at radius 2 is 2.36 bits per heavy atom. The number of aromatic nitrogens is 2. The van der Waals surface area contributed by atoms with Crippen LogP contribution in [0.1, 0.15) is 20.8 Å². The smallest absolute Gasteiger partial charge is 0.329 e. The summed E-state index contributed by atoms with van der Waals surface area (Å²) in [7, 11) is 0. The van der Waals surface area contributed by atoms with E-state index in [2.05, 4.69) is 10.2 Å². The van der Waals surface area contributed by atoms with E-state index in [0.717, 1.165) is 0 Å². The van der Waals surface area contributed by atoms with E-state index >= 15 is 0 Å². The topological polar surface area (TPSA) is 66.3 Å². The van der Waals surface area contributed by atoms with Gasteiger partial charge in [0.15, 0.2) is 0 Å². The van der Waals surface area contributed by atoms with Gasteiger partial charge in [0.25, 0.3) is 0 Å². The molecule has 0 atom stereocenters. The first-order valence-corrected chi connectivity index (χ1v) is 5.15. The molecule has 0 aliphatic carbocycles. The van der Waals surface area contributed by atoms with Crippen LogP contribution in [0, 0.1) is 0 Å². The summed E-state index contributed by atoms with van der Waals surface area (Å²) in [6, 6.07) is 0. The van der Waals surface area contributed by atoms with Crippen molar-refractivity contribution in [3.63, 3.8) is 0 Å². The second-order valence-electron chi connectivity index (χ2n) is 3.33. The lowest BCUT2D eigenvalue weighted by Crippen LogP contribution is -2.50. The van der Waals surface area contributed by atoms with Crippen LogP contribution in [-0.4, -0.2) is 33.4 Å². The van der Waals surface area contributed by atoms with E-state index in [1.54, 1.807) is 24.3 Å². The molecule has 1 rings (SSSR count). The van der Waals surface area contributed by atoms with Crippen LogP contribution in [0.2, 0.25) is 0 Å². The van der Waals surface area contributed by atoms with Crippen molar-refractivity contribution in [3.05, 3.63) is 5.51 Å². The van der Waals surface area contributed by atoms with E-state index in [1.165, 1.54) is 11.3 Å². The van der Waals surface area contributed by atoms with Crippen LogP contribution >= 0.6 is 11.3 Å². The number of hydrogen-bond acceptors (Lipinski definition) is 5. The van der Waals surface area contributed by atoms with Crippen molar-refractivity contribution in [3.8, 4) is 0 Å². The molecule has 0 unspecified atom stereocenters. The Bertz CT molecular complexity index is 310. The molecule has 0 fully saturated rings. The number of carbonyl (C=O) groups is 1. The molecule has 1 aromatic rings. The second-order valence-corrected chi connectivity index (χ2v) is 4.14. The minimum absolute atomic E-state index is 0.592. The zero-order chi connectivity index (χ0) is 10.8. The first-order chi connectivity index (χ1) is 6.50. The number of likely N-dealkylation sites (N-methyl/N-ethyl adjacent to an activating group) is 1. The van der Waals surface area contributed by atoms with Crippen LogP contribution in [0.15, 0.2) is 5.51 Å². The molecule has 1 N–H and O–H groups in total. The molecule has 0 spiro atoms. The quantitative estimate of drug-likeness (QED) is 0.818. The third kappa shape index (κ3) is 1.84. The first kappa shape index (κ1) is 10.9. The molecular formula is C8H13N3O2S. The molecule has 14 heavy (non-hydrogen) atoms. The number of carboxylic acids is 1. The fourth-order valence-electron chi connectivity index (χ4n) is 1.17. The lowest BCUT2D eigenvalue weighted by Gasteiger charge is -2.33. The molecule has 0 bridgehead atoms. The Morgan fingerprint density at radius 1 is 1.71 bits per heavy atom. The second kappa shape index (κ2) is 3.91. The Hall–Kier alpha value is -1.17. The Labute approximate surface area is 86.4 Å². The van der Waals surface area contributed by atoms with E-state index in [0.29, 0.717) is 11.7 Å². The van der Waals surface area contributed by atoms with Crippen molar-refractivity contribution in [2.75, 3.05) is 11.4 Å². The Kier molecular flexibility index (Phi) is 3.05. The summed E-state index contributed by atoms with van der Waals surface area (Å²) in [4.78, 5) is 12.7. The highest BCUT2D eigenvalue weighted by molar-refractivity contribution is 7.13. The van der Waals surface area contributed by atoms with Crippen molar-refractivity contribution in [1.29, 1.82) is 0 Å². The standard InChI is InChI=1S/C8H13N3O2S/c1-4-11(7-10-9-5-14-7)8(2,3)6(12)13/h5H,4H2,1-3H3,(H,12,13). The molecule has 0 saturated heterocycles. The van der Waals surface area contributed by atoms with Crippen LogP contribution in [0.25, 0.3) is 0 Å². The molecule has 0 aliphatic rings. The predicted molar refractivity (Wildman–Crippen MR) is 54.6 cm³/mol. The van der Waals surface area contributed by atoms with E-state index in [-0.39, 0.29) is 0 Å². The molecule has 1 aromatic heterocycles. The van der Waals surface area contributed by atoms with Crippen LogP contribution in [0.3, 0.4) is 0 Å². The van der Waals surface area contributed by atoms with E-state index in [1.807, 2.05) is 6.92 Å². The molecule has 6 heteroatoms. The van der Waals surface area contributed by atoms with Crippen LogP contribution in [0.5, 0.6) is 0 Å². The highest BCUT2D eigenvalue weighted by Crippen LogP contribution is 2.24. The molecule has 5 nitrogen and oxygen atoms in total. The number of rotatable bonds is 4. The van der Waals surface area contributed by atoms with Gasteiger partial charge in [-0.15, -0.1) is 10.2 Å². The number of hydrogen-bond donors (Lipinski definition) is 1. The predicted octanol–water partition coefficient (Wildman–Crippen LogP) is 1.23. The van der Waals surface area contributed by atoms with Gasteiger partial charge in [0, 0.05) is 6.54 Å². The number of aliphatic carboxylic acids is 1. The molecule has 0 aromatic carbocycles. The van der Waals surface area contributed by atoms with Crippen molar-refractivity contribution in [1.82, 2.24) is 10.2 Å². The van der Waals surface area contributed by atoms with Crippen LogP contribution in [-0.2, 0) is 4.79 Å². The molecular weight excluding hydrogens is 202 g/mol.